The molecule has 2 aromatic rings. The van der Waals surface area contributed by atoms with Gasteiger partial charge in [0, 0.05) is 30.1 Å². The molecule has 0 spiro atoms. The third-order valence-electron chi connectivity index (χ3n) is 7.34. The lowest BCUT2D eigenvalue weighted by atomic mass is 9.57. The van der Waals surface area contributed by atoms with Gasteiger partial charge >= 0.3 is 5.97 Å². The van der Waals surface area contributed by atoms with E-state index in [9.17, 15) is 4.79 Å². The first-order valence-electron chi connectivity index (χ1n) is 10.1. The number of nitrogens with zero attached hydrogens (tertiary/aromatic N) is 1. The van der Waals surface area contributed by atoms with Gasteiger partial charge in [0.2, 0.25) is 0 Å². The summed E-state index contributed by atoms with van der Waals surface area (Å²) in [4.78, 5) is 13.4. The molecule has 0 radical (unpaired) electrons. The minimum Gasteiger partial charge on any atom is -0.468 e. The van der Waals surface area contributed by atoms with E-state index >= 15 is 0 Å². The molecular weight excluding hydrogens is 340 g/mol. The second-order valence-corrected chi connectivity index (χ2v) is 8.35. The standard InChI is InChI=1S/C22H28N2O3/c1-4-13-11-14-12-22(21(25)27-3)18(13)23-10-9-16-15-7-5-6-8-17(15)24(19(16)22)20(14)26-2/h5-8,13-14,18,20,23H,4,9-12H2,1-3H3/t13-,14+,18-,20-,22-/m0/s1. The number of fused-ring (bicyclic) bond motifs is 4. The molecule has 3 aliphatic rings. The third kappa shape index (κ3) is 2.04. The van der Waals surface area contributed by atoms with Crippen LogP contribution in [0.3, 0.4) is 0 Å². The first-order valence-corrected chi connectivity index (χ1v) is 10.1. The smallest absolute Gasteiger partial charge is 0.319 e. The summed E-state index contributed by atoms with van der Waals surface area (Å²) in [5, 5.41) is 5.01. The van der Waals surface area contributed by atoms with Crippen LogP contribution in [0.1, 0.15) is 43.7 Å². The lowest BCUT2D eigenvalue weighted by Crippen LogP contribution is -2.64. The van der Waals surface area contributed by atoms with E-state index in [4.69, 9.17) is 9.47 Å². The van der Waals surface area contributed by atoms with Crippen LogP contribution in [0.25, 0.3) is 10.9 Å². The van der Waals surface area contributed by atoms with E-state index in [1.807, 2.05) is 0 Å². The van der Waals surface area contributed by atoms with Crippen molar-refractivity contribution in [1.82, 2.24) is 9.88 Å². The number of hydrogen-bond donors (Lipinski definition) is 1. The van der Waals surface area contributed by atoms with Gasteiger partial charge in [0.15, 0.2) is 0 Å². The molecule has 0 saturated heterocycles. The molecule has 2 aliphatic heterocycles. The second kappa shape index (κ2) is 6.08. The Hall–Kier alpha value is -1.85. The number of para-hydroxylation sites is 1. The number of carbonyl (C=O) groups is 1. The van der Waals surface area contributed by atoms with Crippen molar-refractivity contribution in [3.05, 3.63) is 35.5 Å². The third-order valence-corrected chi connectivity index (χ3v) is 7.34. The highest BCUT2D eigenvalue weighted by atomic mass is 16.5. The highest BCUT2D eigenvalue weighted by Crippen LogP contribution is 2.57. The molecule has 1 fully saturated rings. The number of carbonyl (C=O) groups excluding carboxylic acids is 1. The van der Waals surface area contributed by atoms with Crippen molar-refractivity contribution in [2.24, 2.45) is 11.8 Å². The summed E-state index contributed by atoms with van der Waals surface area (Å²) in [6.07, 6.45) is 3.83. The van der Waals surface area contributed by atoms with Crippen molar-refractivity contribution in [2.45, 2.75) is 50.3 Å². The molecule has 0 unspecified atom stereocenters. The van der Waals surface area contributed by atoms with Crippen LogP contribution in [0.5, 0.6) is 0 Å². The molecule has 2 bridgehead atoms. The van der Waals surface area contributed by atoms with Crippen molar-refractivity contribution in [3.63, 3.8) is 0 Å². The molecule has 1 N–H and O–H groups in total. The summed E-state index contributed by atoms with van der Waals surface area (Å²) in [6, 6.07) is 8.65. The van der Waals surface area contributed by atoms with Crippen LogP contribution < -0.4 is 5.32 Å². The average molecular weight is 368 g/mol. The molecule has 1 aromatic carbocycles. The molecule has 3 heterocycles. The summed E-state index contributed by atoms with van der Waals surface area (Å²) in [5.41, 5.74) is 3.00. The molecule has 1 aromatic heterocycles. The van der Waals surface area contributed by atoms with Crippen LogP contribution in [0.4, 0.5) is 0 Å². The molecule has 5 atom stereocenters. The number of benzene rings is 1. The molecule has 1 saturated carbocycles. The maximum atomic E-state index is 13.4. The van der Waals surface area contributed by atoms with E-state index in [1.54, 1.807) is 7.11 Å². The summed E-state index contributed by atoms with van der Waals surface area (Å²) in [5.74, 6) is 0.662. The van der Waals surface area contributed by atoms with Gasteiger partial charge in [-0.05, 0) is 43.4 Å². The van der Waals surface area contributed by atoms with E-state index in [2.05, 4.69) is 41.1 Å². The fourth-order valence-electron chi connectivity index (χ4n) is 6.44. The molecule has 5 rings (SSSR count). The minimum atomic E-state index is -0.627. The van der Waals surface area contributed by atoms with E-state index in [0.717, 1.165) is 37.9 Å². The minimum absolute atomic E-state index is 0.0236. The van der Waals surface area contributed by atoms with E-state index in [0.29, 0.717) is 11.8 Å². The normalized spacial score (nSPS) is 34.3. The zero-order valence-electron chi connectivity index (χ0n) is 16.3. The first kappa shape index (κ1) is 17.3. The molecule has 1 aliphatic carbocycles. The number of rotatable bonds is 3. The Morgan fingerprint density at radius 1 is 1.33 bits per heavy atom. The van der Waals surface area contributed by atoms with Crippen LogP contribution in [0.2, 0.25) is 0 Å². The number of aromatic nitrogens is 1. The van der Waals surface area contributed by atoms with Crippen molar-refractivity contribution in [2.75, 3.05) is 20.8 Å². The Balaban J connectivity index is 1.91. The molecule has 0 amide bonds. The maximum absolute atomic E-state index is 13.4. The van der Waals surface area contributed by atoms with Gasteiger partial charge in [-0.15, -0.1) is 0 Å². The summed E-state index contributed by atoms with van der Waals surface area (Å²) in [6.45, 7) is 3.13. The summed E-state index contributed by atoms with van der Waals surface area (Å²) < 4.78 is 13.9. The van der Waals surface area contributed by atoms with Crippen molar-refractivity contribution in [3.8, 4) is 0 Å². The average Bonchev–Trinajstić information content (AvgIpc) is 2.91. The predicted molar refractivity (Wildman–Crippen MR) is 104 cm³/mol. The SMILES string of the molecule is CC[C@H]1C[C@@H]2C[C@@]3(C(=O)OC)c4c(c5ccccc5n4[C@H]2OC)CCN[C@@H]13. The molecule has 5 nitrogen and oxygen atoms in total. The zero-order valence-corrected chi connectivity index (χ0v) is 16.3. The van der Waals surface area contributed by atoms with Gasteiger partial charge in [0.05, 0.1) is 12.6 Å². The molecule has 5 heteroatoms. The number of nitrogens with one attached hydrogen (secondary N) is 1. The van der Waals surface area contributed by atoms with Crippen LogP contribution in [-0.4, -0.2) is 37.3 Å². The Kier molecular flexibility index (Phi) is 3.89. The maximum Gasteiger partial charge on any atom is 0.319 e. The Bertz CT molecular complexity index is 904. The highest BCUT2D eigenvalue weighted by molar-refractivity contribution is 5.92. The number of methoxy groups -OCH3 is 2. The first-order chi connectivity index (χ1) is 13.2. The lowest BCUT2D eigenvalue weighted by Gasteiger charge is -2.54. The monoisotopic (exact) mass is 368 g/mol. The number of ether oxygens (including phenoxy) is 2. The van der Waals surface area contributed by atoms with Gasteiger partial charge < -0.3 is 19.4 Å². The van der Waals surface area contributed by atoms with Gasteiger partial charge in [-0.3, -0.25) is 4.79 Å². The topological polar surface area (TPSA) is 52.5 Å². The predicted octanol–water partition coefficient (Wildman–Crippen LogP) is 3.16. The van der Waals surface area contributed by atoms with E-state index < -0.39 is 5.41 Å². The van der Waals surface area contributed by atoms with Gasteiger partial charge in [-0.1, -0.05) is 31.5 Å². The quantitative estimate of drug-likeness (QED) is 0.846. The Morgan fingerprint density at radius 2 is 2.15 bits per heavy atom. The van der Waals surface area contributed by atoms with Crippen molar-refractivity contribution < 1.29 is 14.3 Å². The molecular formula is C22H28N2O3. The van der Waals surface area contributed by atoms with Crippen LogP contribution in [-0.2, 0) is 26.1 Å². The second-order valence-electron chi connectivity index (χ2n) is 8.35. The van der Waals surface area contributed by atoms with Gasteiger partial charge in [-0.25, -0.2) is 0 Å². The van der Waals surface area contributed by atoms with Crippen LogP contribution in [0, 0.1) is 11.8 Å². The van der Waals surface area contributed by atoms with Crippen LogP contribution >= 0.6 is 0 Å². The van der Waals surface area contributed by atoms with Crippen molar-refractivity contribution >= 4 is 16.9 Å². The van der Waals surface area contributed by atoms with Gasteiger partial charge in [0.1, 0.15) is 11.6 Å². The molecule has 27 heavy (non-hydrogen) atoms. The number of hydrogen-bond acceptors (Lipinski definition) is 4. The van der Waals surface area contributed by atoms with Crippen LogP contribution in [0.15, 0.2) is 24.3 Å². The zero-order chi connectivity index (χ0) is 18.8. The van der Waals surface area contributed by atoms with E-state index in [-0.39, 0.29) is 18.2 Å². The molecule has 144 valence electrons. The fourth-order valence-corrected chi connectivity index (χ4v) is 6.44. The fraction of sp³-hybridized carbons (Fsp3) is 0.591. The largest absolute Gasteiger partial charge is 0.468 e. The van der Waals surface area contributed by atoms with Crippen molar-refractivity contribution in [1.29, 1.82) is 0 Å². The van der Waals surface area contributed by atoms with Gasteiger partial charge in [0.25, 0.3) is 0 Å². The summed E-state index contributed by atoms with van der Waals surface area (Å²) in [7, 11) is 3.34. The number of esters is 1. The van der Waals surface area contributed by atoms with E-state index in [1.165, 1.54) is 23.6 Å². The lowest BCUT2D eigenvalue weighted by molar-refractivity contribution is -0.159. The Morgan fingerprint density at radius 3 is 2.89 bits per heavy atom. The highest BCUT2D eigenvalue weighted by Gasteiger charge is 2.62. The Labute approximate surface area is 160 Å². The van der Waals surface area contributed by atoms with Gasteiger partial charge in [-0.2, -0.15) is 0 Å². The summed E-state index contributed by atoms with van der Waals surface area (Å²) >= 11 is 0.